The summed E-state index contributed by atoms with van der Waals surface area (Å²) >= 11 is 6.55. The third kappa shape index (κ3) is 3.05. The molecule has 0 aliphatic carbocycles. The first-order valence-corrected chi connectivity index (χ1v) is 5.99. The Kier molecular flexibility index (Phi) is 4.30. The Morgan fingerprint density at radius 3 is 2.67 bits per heavy atom. The first-order valence-electron chi connectivity index (χ1n) is 4.07. The maximum atomic E-state index is 10.7. The molecular weight excluding hydrogens is 326 g/mol. The van der Waals surface area contributed by atoms with Gasteiger partial charge in [0.2, 0.25) is 0 Å². The van der Waals surface area contributed by atoms with Crippen LogP contribution in [0.15, 0.2) is 16.6 Å². The lowest BCUT2D eigenvalue weighted by molar-refractivity contribution is -0.136. The monoisotopic (exact) mass is 331 g/mol. The van der Waals surface area contributed by atoms with Gasteiger partial charge in [-0.3, -0.25) is 4.79 Å². The number of hydrogen-bond acceptors (Lipinski definition) is 2. The third-order valence-electron chi connectivity index (χ3n) is 1.90. The maximum absolute atomic E-state index is 10.7. The van der Waals surface area contributed by atoms with Crippen LogP contribution in [0.4, 0.5) is 0 Å². The first kappa shape index (κ1) is 12.2. The summed E-state index contributed by atoms with van der Waals surface area (Å²) in [5, 5.41) is 18.2. The molecule has 0 atom stereocenters. The number of alkyl halides is 1. The Hall–Kier alpha value is -0.860. The van der Waals surface area contributed by atoms with Crippen molar-refractivity contribution in [2.75, 3.05) is 0 Å². The normalized spacial score (nSPS) is 9.67. The summed E-state index contributed by atoms with van der Waals surface area (Å²) in [6.07, 6.45) is -0.128. The molecule has 0 aromatic heterocycles. The second kappa shape index (κ2) is 5.29. The lowest BCUT2D eigenvalue weighted by Crippen LogP contribution is -2.05. The summed E-state index contributed by atoms with van der Waals surface area (Å²) in [6.45, 7) is 0. The van der Waals surface area contributed by atoms with Gasteiger partial charge in [0, 0.05) is 9.80 Å². The summed E-state index contributed by atoms with van der Waals surface area (Å²) in [5.74, 6) is -0.934. The average Bonchev–Trinajstić information content (AvgIpc) is 2.19. The van der Waals surface area contributed by atoms with Gasteiger partial charge < -0.3 is 5.11 Å². The van der Waals surface area contributed by atoms with Gasteiger partial charge in [-0.05, 0) is 23.3 Å². The molecule has 0 saturated carbocycles. The minimum atomic E-state index is -0.934. The van der Waals surface area contributed by atoms with Gasteiger partial charge in [0.1, 0.15) is 0 Å². The third-order valence-corrected chi connectivity index (χ3v) is 2.96. The molecule has 3 nitrogen and oxygen atoms in total. The van der Waals surface area contributed by atoms with Crippen molar-refractivity contribution in [3.05, 3.63) is 33.3 Å². The van der Waals surface area contributed by atoms with Gasteiger partial charge in [-0.2, -0.15) is 5.26 Å². The minimum absolute atomic E-state index is 0.128. The molecule has 0 aliphatic rings. The highest BCUT2D eigenvalue weighted by molar-refractivity contribution is 9.10. The number of benzene rings is 1. The summed E-state index contributed by atoms with van der Waals surface area (Å²) in [4.78, 5) is 10.7. The van der Waals surface area contributed by atoms with Crippen LogP contribution in [0.3, 0.4) is 0 Å². The SMILES string of the molecule is N#Cc1cc(Br)cc(CBr)c1CC(=O)O. The quantitative estimate of drug-likeness (QED) is 0.866. The van der Waals surface area contributed by atoms with Crippen LogP contribution >= 0.6 is 31.9 Å². The van der Waals surface area contributed by atoms with E-state index in [1.165, 1.54) is 0 Å². The second-order valence-corrected chi connectivity index (χ2v) is 4.38. The smallest absolute Gasteiger partial charge is 0.307 e. The van der Waals surface area contributed by atoms with Crippen LogP contribution in [-0.2, 0) is 16.5 Å². The van der Waals surface area contributed by atoms with Crippen LogP contribution in [0.25, 0.3) is 0 Å². The van der Waals surface area contributed by atoms with Crippen molar-refractivity contribution in [3.63, 3.8) is 0 Å². The number of hydrogen-bond donors (Lipinski definition) is 1. The summed E-state index contributed by atoms with van der Waals surface area (Å²) in [6, 6.07) is 5.45. The summed E-state index contributed by atoms with van der Waals surface area (Å²) < 4.78 is 0.780. The Morgan fingerprint density at radius 2 is 2.20 bits per heavy atom. The van der Waals surface area contributed by atoms with E-state index in [0.717, 1.165) is 10.0 Å². The molecule has 1 aromatic rings. The Labute approximate surface area is 104 Å². The van der Waals surface area contributed by atoms with E-state index in [9.17, 15) is 4.79 Å². The standard InChI is InChI=1S/C10H7Br2NO2/c11-4-6-1-8(12)2-7(5-13)9(6)3-10(14)15/h1-2H,3-4H2,(H,14,15). The molecule has 0 spiro atoms. The maximum Gasteiger partial charge on any atom is 0.307 e. The van der Waals surface area contributed by atoms with E-state index in [1.54, 1.807) is 6.07 Å². The molecule has 0 heterocycles. The fourth-order valence-corrected chi connectivity index (χ4v) is 2.28. The molecule has 5 heteroatoms. The highest BCUT2D eigenvalue weighted by atomic mass is 79.9. The van der Waals surface area contributed by atoms with Crippen molar-refractivity contribution in [2.45, 2.75) is 11.8 Å². The van der Waals surface area contributed by atoms with Crippen LogP contribution < -0.4 is 0 Å². The van der Waals surface area contributed by atoms with Crippen molar-refractivity contribution in [3.8, 4) is 6.07 Å². The predicted octanol–water partition coefficient (Wildman–Crippen LogP) is 2.84. The minimum Gasteiger partial charge on any atom is -0.481 e. The zero-order valence-corrected chi connectivity index (χ0v) is 10.8. The molecule has 0 fully saturated rings. The molecule has 0 saturated heterocycles. The number of carboxylic acid groups (broad SMARTS) is 1. The van der Waals surface area contributed by atoms with E-state index >= 15 is 0 Å². The topological polar surface area (TPSA) is 61.1 Å². The summed E-state index contributed by atoms with van der Waals surface area (Å²) in [5.41, 5.74) is 1.80. The van der Waals surface area contributed by atoms with Crippen LogP contribution in [-0.4, -0.2) is 11.1 Å². The average molecular weight is 333 g/mol. The molecule has 0 aliphatic heterocycles. The van der Waals surface area contributed by atoms with Gasteiger partial charge in [-0.15, -0.1) is 0 Å². The molecule has 1 rings (SSSR count). The lowest BCUT2D eigenvalue weighted by Gasteiger charge is -2.07. The fourth-order valence-electron chi connectivity index (χ4n) is 1.27. The molecule has 15 heavy (non-hydrogen) atoms. The number of rotatable bonds is 3. The lowest BCUT2D eigenvalue weighted by atomic mass is 10.00. The fraction of sp³-hybridized carbons (Fsp3) is 0.200. The van der Waals surface area contributed by atoms with Crippen molar-refractivity contribution < 1.29 is 9.90 Å². The first-order chi connectivity index (χ1) is 7.08. The molecule has 1 N–H and O–H groups in total. The van der Waals surface area contributed by atoms with Crippen LogP contribution in [0, 0.1) is 11.3 Å². The van der Waals surface area contributed by atoms with Crippen molar-refractivity contribution in [2.24, 2.45) is 0 Å². The molecule has 0 amide bonds. The number of halogens is 2. The number of nitriles is 1. The van der Waals surface area contributed by atoms with Gasteiger partial charge in [-0.25, -0.2) is 0 Å². The molecule has 1 aromatic carbocycles. The Morgan fingerprint density at radius 1 is 1.53 bits per heavy atom. The van der Waals surface area contributed by atoms with Crippen LogP contribution in [0.1, 0.15) is 16.7 Å². The molecule has 0 unspecified atom stereocenters. The van der Waals surface area contributed by atoms with Gasteiger partial charge in [0.25, 0.3) is 0 Å². The Balaban J connectivity index is 3.31. The van der Waals surface area contributed by atoms with E-state index in [4.69, 9.17) is 10.4 Å². The van der Waals surface area contributed by atoms with E-state index < -0.39 is 5.97 Å². The van der Waals surface area contributed by atoms with E-state index in [1.807, 2.05) is 12.1 Å². The molecule has 0 bridgehead atoms. The van der Waals surface area contributed by atoms with Crippen molar-refractivity contribution in [1.29, 1.82) is 5.26 Å². The van der Waals surface area contributed by atoms with Crippen molar-refractivity contribution >= 4 is 37.8 Å². The van der Waals surface area contributed by atoms with E-state index in [0.29, 0.717) is 16.5 Å². The summed E-state index contributed by atoms with van der Waals surface area (Å²) in [7, 11) is 0. The van der Waals surface area contributed by atoms with E-state index in [2.05, 4.69) is 31.9 Å². The predicted molar refractivity (Wildman–Crippen MR) is 62.8 cm³/mol. The van der Waals surface area contributed by atoms with Crippen molar-refractivity contribution in [1.82, 2.24) is 0 Å². The highest BCUT2D eigenvalue weighted by Gasteiger charge is 2.12. The molecule has 78 valence electrons. The number of aliphatic carboxylic acids is 1. The number of carboxylic acids is 1. The largest absolute Gasteiger partial charge is 0.481 e. The van der Waals surface area contributed by atoms with Gasteiger partial charge in [0.05, 0.1) is 18.1 Å². The van der Waals surface area contributed by atoms with Crippen LogP contribution in [0.5, 0.6) is 0 Å². The zero-order chi connectivity index (χ0) is 11.4. The van der Waals surface area contributed by atoms with Crippen LogP contribution in [0.2, 0.25) is 0 Å². The number of carbonyl (C=O) groups is 1. The van der Waals surface area contributed by atoms with Gasteiger partial charge in [0.15, 0.2) is 0 Å². The molecule has 0 radical (unpaired) electrons. The van der Waals surface area contributed by atoms with Gasteiger partial charge in [-0.1, -0.05) is 31.9 Å². The number of nitrogens with zero attached hydrogens (tertiary/aromatic N) is 1. The highest BCUT2D eigenvalue weighted by Crippen LogP contribution is 2.23. The molecular formula is C10H7Br2NO2. The van der Waals surface area contributed by atoms with E-state index in [-0.39, 0.29) is 6.42 Å². The Bertz CT molecular complexity index is 438. The van der Waals surface area contributed by atoms with Gasteiger partial charge >= 0.3 is 5.97 Å². The second-order valence-electron chi connectivity index (χ2n) is 2.91. The zero-order valence-electron chi connectivity index (χ0n) is 7.63.